The third kappa shape index (κ3) is 2.04. The summed E-state index contributed by atoms with van der Waals surface area (Å²) < 4.78 is 1.74. The van der Waals surface area contributed by atoms with Crippen LogP contribution in [0.2, 0.25) is 0 Å². The van der Waals surface area contributed by atoms with Crippen LogP contribution in [0.4, 0.5) is 0 Å². The second kappa shape index (κ2) is 4.79. The van der Waals surface area contributed by atoms with Crippen molar-refractivity contribution in [3.63, 3.8) is 0 Å². The molecule has 0 amide bonds. The first-order valence-electron chi connectivity index (χ1n) is 6.60. The number of nitrogens with zero attached hydrogens (tertiary/aromatic N) is 5. The molecule has 5 nitrogen and oxygen atoms in total. The average molecular weight is 273 g/mol. The summed E-state index contributed by atoms with van der Waals surface area (Å²) in [7, 11) is 0. The number of hydrogen-bond acceptors (Lipinski definition) is 4. The monoisotopic (exact) mass is 273 g/mol. The molecular weight excluding hydrogens is 262 g/mol. The molecule has 0 N–H and O–H groups in total. The van der Waals surface area contributed by atoms with E-state index in [9.17, 15) is 0 Å². The molecule has 0 saturated carbocycles. The Morgan fingerprint density at radius 1 is 0.762 bits per heavy atom. The van der Waals surface area contributed by atoms with E-state index in [1.165, 1.54) is 0 Å². The predicted octanol–water partition coefficient (Wildman–Crippen LogP) is 2.88. The summed E-state index contributed by atoms with van der Waals surface area (Å²) >= 11 is 0. The molecule has 2 aromatic heterocycles. The molecule has 0 atom stereocenters. The number of aromatic nitrogens is 5. The van der Waals surface area contributed by atoms with Crippen LogP contribution in [0, 0.1) is 0 Å². The van der Waals surface area contributed by atoms with Crippen LogP contribution in [0.25, 0.3) is 28.1 Å². The summed E-state index contributed by atoms with van der Waals surface area (Å²) in [5, 5.41) is 8.29. The Balaban J connectivity index is 1.77. The summed E-state index contributed by atoms with van der Waals surface area (Å²) in [6.45, 7) is 0. The summed E-state index contributed by atoms with van der Waals surface area (Å²) in [4.78, 5) is 8.82. The SMILES string of the molecule is c1ccc(-c2ncc(-n3nnc4ccccc43)cn2)cc1. The van der Waals surface area contributed by atoms with E-state index in [2.05, 4.69) is 20.3 Å². The fraction of sp³-hybridized carbons (Fsp3) is 0. The predicted molar refractivity (Wildman–Crippen MR) is 79.9 cm³/mol. The van der Waals surface area contributed by atoms with Crippen molar-refractivity contribution in [2.75, 3.05) is 0 Å². The van der Waals surface area contributed by atoms with Gasteiger partial charge in [-0.3, -0.25) is 0 Å². The Morgan fingerprint density at radius 3 is 2.29 bits per heavy atom. The van der Waals surface area contributed by atoms with Crippen molar-refractivity contribution in [1.29, 1.82) is 0 Å². The molecule has 0 unspecified atom stereocenters. The first kappa shape index (κ1) is 11.7. The van der Waals surface area contributed by atoms with Crippen LogP contribution in [-0.2, 0) is 0 Å². The highest BCUT2D eigenvalue weighted by molar-refractivity contribution is 5.75. The van der Waals surface area contributed by atoms with E-state index in [0.29, 0.717) is 5.82 Å². The molecule has 4 rings (SSSR count). The molecule has 5 heteroatoms. The maximum absolute atomic E-state index is 4.41. The van der Waals surface area contributed by atoms with Crippen molar-refractivity contribution < 1.29 is 0 Å². The quantitative estimate of drug-likeness (QED) is 0.563. The van der Waals surface area contributed by atoms with E-state index in [-0.39, 0.29) is 0 Å². The lowest BCUT2D eigenvalue weighted by molar-refractivity contribution is 0.815. The van der Waals surface area contributed by atoms with Crippen molar-refractivity contribution in [3.8, 4) is 17.1 Å². The standard InChI is InChI=1S/C16H11N5/c1-2-6-12(7-3-1)16-17-10-13(11-18-16)21-15-9-5-4-8-14(15)19-20-21/h1-11H. The van der Waals surface area contributed by atoms with Crippen LogP contribution in [0.5, 0.6) is 0 Å². The van der Waals surface area contributed by atoms with Gasteiger partial charge in [0.05, 0.1) is 17.9 Å². The van der Waals surface area contributed by atoms with Gasteiger partial charge in [-0.1, -0.05) is 47.7 Å². The molecule has 100 valence electrons. The molecule has 0 spiro atoms. The summed E-state index contributed by atoms with van der Waals surface area (Å²) in [5.41, 5.74) is 3.58. The Bertz CT molecular complexity index is 881. The van der Waals surface area contributed by atoms with Gasteiger partial charge in [-0.25, -0.2) is 14.6 Å². The van der Waals surface area contributed by atoms with Gasteiger partial charge in [0.15, 0.2) is 5.82 Å². The molecule has 0 saturated heterocycles. The second-order valence-corrected chi connectivity index (χ2v) is 4.62. The summed E-state index contributed by atoms with van der Waals surface area (Å²) in [5.74, 6) is 0.698. The average Bonchev–Trinajstić information content (AvgIpc) is 3.00. The molecule has 0 fully saturated rings. The van der Waals surface area contributed by atoms with Gasteiger partial charge < -0.3 is 0 Å². The molecule has 21 heavy (non-hydrogen) atoms. The van der Waals surface area contributed by atoms with Gasteiger partial charge in [0.25, 0.3) is 0 Å². The number of para-hydroxylation sites is 1. The van der Waals surface area contributed by atoms with Gasteiger partial charge in [0.1, 0.15) is 11.2 Å². The molecule has 0 radical (unpaired) electrons. The third-order valence-electron chi connectivity index (χ3n) is 3.27. The fourth-order valence-electron chi connectivity index (χ4n) is 2.23. The summed E-state index contributed by atoms with van der Waals surface area (Å²) in [6, 6.07) is 17.7. The van der Waals surface area contributed by atoms with Gasteiger partial charge in [0, 0.05) is 5.56 Å². The molecular formula is C16H11N5. The molecule has 0 bridgehead atoms. The van der Waals surface area contributed by atoms with Crippen LogP contribution >= 0.6 is 0 Å². The smallest absolute Gasteiger partial charge is 0.159 e. The van der Waals surface area contributed by atoms with E-state index < -0.39 is 0 Å². The number of fused-ring (bicyclic) bond motifs is 1. The van der Waals surface area contributed by atoms with Crippen LogP contribution in [0.15, 0.2) is 67.0 Å². The minimum atomic E-state index is 0.698. The van der Waals surface area contributed by atoms with Gasteiger partial charge in [-0.2, -0.15) is 0 Å². The zero-order valence-corrected chi connectivity index (χ0v) is 11.1. The highest BCUT2D eigenvalue weighted by Gasteiger charge is 2.07. The van der Waals surface area contributed by atoms with Crippen LogP contribution < -0.4 is 0 Å². The lowest BCUT2D eigenvalue weighted by atomic mass is 10.2. The molecule has 0 aliphatic carbocycles. The lowest BCUT2D eigenvalue weighted by Crippen LogP contribution is -1.99. The van der Waals surface area contributed by atoms with Crippen LogP contribution in [0.1, 0.15) is 0 Å². The Hall–Kier alpha value is -3.08. The van der Waals surface area contributed by atoms with Gasteiger partial charge in [0.2, 0.25) is 0 Å². The zero-order chi connectivity index (χ0) is 14.1. The van der Waals surface area contributed by atoms with Gasteiger partial charge >= 0.3 is 0 Å². The molecule has 4 aromatic rings. The second-order valence-electron chi connectivity index (χ2n) is 4.62. The maximum Gasteiger partial charge on any atom is 0.159 e. The Morgan fingerprint density at radius 2 is 1.48 bits per heavy atom. The molecule has 2 heterocycles. The lowest BCUT2D eigenvalue weighted by Gasteiger charge is -2.03. The maximum atomic E-state index is 4.41. The number of hydrogen-bond donors (Lipinski definition) is 0. The van der Waals surface area contributed by atoms with Crippen molar-refractivity contribution >= 4 is 11.0 Å². The first-order valence-corrected chi connectivity index (χ1v) is 6.60. The van der Waals surface area contributed by atoms with E-state index in [0.717, 1.165) is 22.3 Å². The molecule has 0 aliphatic rings. The largest absolute Gasteiger partial charge is 0.234 e. The minimum Gasteiger partial charge on any atom is -0.234 e. The number of benzene rings is 2. The van der Waals surface area contributed by atoms with Gasteiger partial charge in [-0.15, -0.1) is 5.10 Å². The van der Waals surface area contributed by atoms with Crippen LogP contribution in [-0.4, -0.2) is 25.0 Å². The minimum absolute atomic E-state index is 0.698. The Labute approximate surface area is 120 Å². The van der Waals surface area contributed by atoms with E-state index in [4.69, 9.17) is 0 Å². The van der Waals surface area contributed by atoms with Crippen molar-refractivity contribution in [2.24, 2.45) is 0 Å². The van der Waals surface area contributed by atoms with Crippen molar-refractivity contribution in [3.05, 3.63) is 67.0 Å². The van der Waals surface area contributed by atoms with Crippen LogP contribution in [0.3, 0.4) is 0 Å². The van der Waals surface area contributed by atoms with E-state index in [1.54, 1.807) is 17.1 Å². The fourth-order valence-corrected chi connectivity index (χ4v) is 2.23. The third-order valence-corrected chi connectivity index (χ3v) is 3.27. The highest BCUT2D eigenvalue weighted by atomic mass is 15.4. The normalized spacial score (nSPS) is 10.9. The highest BCUT2D eigenvalue weighted by Crippen LogP contribution is 2.17. The van der Waals surface area contributed by atoms with E-state index in [1.807, 2.05) is 54.6 Å². The van der Waals surface area contributed by atoms with Gasteiger partial charge in [-0.05, 0) is 12.1 Å². The zero-order valence-electron chi connectivity index (χ0n) is 11.1. The first-order chi connectivity index (χ1) is 10.4. The van der Waals surface area contributed by atoms with Crippen molar-refractivity contribution in [2.45, 2.75) is 0 Å². The number of rotatable bonds is 2. The van der Waals surface area contributed by atoms with E-state index >= 15 is 0 Å². The molecule has 0 aliphatic heterocycles. The topological polar surface area (TPSA) is 56.5 Å². The summed E-state index contributed by atoms with van der Waals surface area (Å²) in [6.07, 6.45) is 3.52. The van der Waals surface area contributed by atoms with Crippen molar-refractivity contribution in [1.82, 2.24) is 25.0 Å². The Kier molecular flexibility index (Phi) is 2.67. The molecule has 2 aromatic carbocycles.